The van der Waals surface area contributed by atoms with Gasteiger partial charge in [0, 0.05) is 34.6 Å². The van der Waals surface area contributed by atoms with Crippen molar-refractivity contribution in [2.45, 2.75) is 6.54 Å². The number of halogens is 1. The Morgan fingerprint density at radius 1 is 1.29 bits per heavy atom. The number of aryl methyl sites for hydroxylation is 1. The molecule has 7 nitrogen and oxygen atoms in total. The fourth-order valence-electron chi connectivity index (χ4n) is 3.85. The number of hydrogen-bond acceptors (Lipinski definition) is 6. The number of aromatic nitrogens is 4. The first kappa shape index (κ1) is 19.5. The molecule has 3 N–H and O–H groups in total. The van der Waals surface area contributed by atoms with Gasteiger partial charge in [0.05, 0.1) is 38.4 Å². The number of nitrogens with two attached hydrogens (primary N) is 1. The summed E-state index contributed by atoms with van der Waals surface area (Å²) in [6, 6.07) is 13.8. The van der Waals surface area contributed by atoms with E-state index in [1.54, 1.807) is 28.3 Å². The van der Waals surface area contributed by atoms with Gasteiger partial charge in [-0.1, -0.05) is 29.8 Å². The molecule has 0 aliphatic rings. The zero-order valence-electron chi connectivity index (χ0n) is 16.3. The molecule has 3 aromatic heterocycles. The molecule has 152 valence electrons. The SMILES string of the molecule is Cn1ncc(-c2cc(Cl)c3c(=O)[nH]nc(CN)c3c2)c1-c1sc2ccccc2c1C#N. The second-order valence-electron chi connectivity index (χ2n) is 7.03. The topological polar surface area (TPSA) is 113 Å². The number of benzene rings is 2. The van der Waals surface area contributed by atoms with Gasteiger partial charge in [-0.2, -0.15) is 15.5 Å². The van der Waals surface area contributed by atoms with Crippen LogP contribution in [-0.4, -0.2) is 20.0 Å². The summed E-state index contributed by atoms with van der Waals surface area (Å²) in [5.74, 6) is 0. The van der Waals surface area contributed by atoms with Gasteiger partial charge in [0.2, 0.25) is 0 Å². The Balaban J connectivity index is 1.82. The van der Waals surface area contributed by atoms with Gasteiger partial charge >= 0.3 is 0 Å². The minimum Gasteiger partial charge on any atom is -0.325 e. The van der Waals surface area contributed by atoms with E-state index in [9.17, 15) is 10.1 Å². The minimum absolute atomic E-state index is 0.155. The third kappa shape index (κ3) is 2.94. The smallest absolute Gasteiger partial charge is 0.273 e. The average molecular weight is 447 g/mol. The first-order chi connectivity index (χ1) is 15.0. The molecule has 0 saturated carbocycles. The predicted octanol–water partition coefficient (Wildman–Crippen LogP) is 4.19. The highest BCUT2D eigenvalue weighted by atomic mass is 35.5. The number of H-pyrrole nitrogens is 1. The van der Waals surface area contributed by atoms with Crippen molar-refractivity contribution in [1.29, 1.82) is 5.26 Å². The van der Waals surface area contributed by atoms with Crippen molar-refractivity contribution in [3.63, 3.8) is 0 Å². The van der Waals surface area contributed by atoms with E-state index < -0.39 is 0 Å². The summed E-state index contributed by atoms with van der Waals surface area (Å²) in [6.07, 6.45) is 1.74. The number of nitrogens with zero attached hydrogens (tertiary/aromatic N) is 4. The quantitative estimate of drug-likeness (QED) is 0.431. The van der Waals surface area contributed by atoms with Gasteiger partial charge in [0.1, 0.15) is 6.07 Å². The Labute approximate surface area is 185 Å². The number of aromatic amines is 1. The lowest BCUT2D eigenvalue weighted by atomic mass is 9.99. The molecule has 0 aliphatic heterocycles. The van der Waals surface area contributed by atoms with E-state index in [0.717, 1.165) is 31.8 Å². The first-order valence-electron chi connectivity index (χ1n) is 9.38. The van der Waals surface area contributed by atoms with Crippen molar-refractivity contribution in [1.82, 2.24) is 20.0 Å². The third-order valence-electron chi connectivity index (χ3n) is 5.29. The van der Waals surface area contributed by atoms with Crippen LogP contribution in [-0.2, 0) is 13.6 Å². The molecule has 0 bridgehead atoms. The van der Waals surface area contributed by atoms with Crippen molar-refractivity contribution in [2.75, 3.05) is 0 Å². The van der Waals surface area contributed by atoms with Crippen LogP contribution in [0, 0.1) is 11.3 Å². The van der Waals surface area contributed by atoms with Crippen LogP contribution in [0.5, 0.6) is 0 Å². The number of nitrogens with one attached hydrogen (secondary N) is 1. The lowest BCUT2D eigenvalue weighted by Gasteiger charge is -2.09. The number of rotatable bonds is 3. The highest BCUT2D eigenvalue weighted by Crippen LogP contribution is 2.43. The zero-order valence-corrected chi connectivity index (χ0v) is 17.9. The maximum absolute atomic E-state index is 12.3. The Bertz CT molecular complexity index is 1590. The van der Waals surface area contributed by atoms with Crippen molar-refractivity contribution in [2.24, 2.45) is 12.8 Å². The van der Waals surface area contributed by atoms with Crippen LogP contribution < -0.4 is 11.3 Å². The molecule has 0 unspecified atom stereocenters. The molecule has 0 spiro atoms. The molecule has 0 amide bonds. The first-order valence-corrected chi connectivity index (χ1v) is 10.6. The van der Waals surface area contributed by atoms with Crippen LogP contribution in [0.1, 0.15) is 11.3 Å². The number of fused-ring (bicyclic) bond motifs is 2. The summed E-state index contributed by atoms with van der Waals surface area (Å²) in [5, 5.41) is 23.0. The summed E-state index contributed by atoms with van der Waals surface area (Å²) in [4.78, 5) is 13.1. The fourth-order valence-corrected chi connectivity index (χ4v) is 5.40. The second-order valence-corrected chi connectivity index (χ2v) is 8.49. The van der Waals surface area contributed by atoms with E-state index >= 15 is 0 Å². The molecular weight excluding hydrogens is 432 g/mol. The van der Waals surface area contributed by atoms with E-state index in [4.69, 9.17) is 17.3 Å². The lowest BCUT2D eigenvalue weighted by molar-refractivity contribution is 0.777. The molecule has 5 aromatic rings. The van der Waals surface area contributed by atoms with E-state index in [-0.39, 0.29) is 12.1 Å². The van der Waals surface area contributed by atoms with Crippen molar-refractivity contribution >= 4 is 43.8 Å². The maximum atomic E-state index is 12.3. The van der Waals surface area contributed by atoms with Crippen molar-refractivity contribution in [3.8, 4) is 27.8 Å². The average Bonchev–Trinajstić information content (AvgIpc) is 3.33. The summed E-state index contributed by atoms with van der Waals surface area (Å²) < 4.78 is 2.78. The number of thiophene rings is 1. The molecule has 2 aromatic carbocycles. The molecule has 3 heterocycles. The Kier molecular flexibility index (Phi) is 4.59. The molecule has 0 radical (unpaired) electrons. The van der Waals surface area contributed by atoms with E-state index in [0.29, 0.717) is 27.1 Å². The summed E-state index contributed by atoms with van der Waals surface area (Å²) >= 11 is 8.05. The molecule has 0 atom stereocenters. The van der Waals surface area contributed by atoms with Crippen molar-refractivity contribution in [3.05, 3.63) is 69.2 Å². The van der Waals surface area contributed by atoms with Crippen LogP contribution in [0.15, 0.2) is 47.4 Å². The van der Waals surface area contributed by atoms with Crippen LogP contribution in [0.25, 0.3) is 42.6 Å². The Morgan fingerprint density at radius 2 is 2.10 bits per heavy atom. The van der Waals surface area contributed by atoms with Crippen LogP contribution in [0.3, 0.4) is 0 Å². The molecule has 0 saturated heterocycles. The third-order valence-corrected chi connectivity index (χ3v) is 6.76. The summed E-state index contributed by atoms with van der Waals surface area (Å²) in [7, 11) is 1.84. The molecule has 0 fully saturated rings. The van der Waals surface area contributed by atoms with E-state index in [2.05, 4.69) is 21.4 Å². The van der Waals surface area contributed by atoms with Gasteiger partial charge in [0.25, 0.3) is 5.56 Å². The fraction of sp³-hybridized carbons (Fsp3) is 0.0909. The van der Waals surface area contributed by atoms with Crippen LogP contribution in [0.2, 0.25) is 5.02 Å². The Morgan fingerprint density at radius 3 is 2.87 bits per heavy atom. The number of hydrogen-bond donors (Lipinski definition) is 2. The van der Waals surface area contributed by atoms with Gasteiger partial charge in [-0.15, -0.1) is 11.3 Å². The van der Waals surface area contributed by atoms with Crippen molar-refractivity contribution < 1.29 is 0 Å². The van der Waals surface area contributed by atoms with Gasteiger partial charge in [-0.25, -0.2) is 5.10 Å². The standard InChI is InChI=1S/C22H15ClN6OS/c1-29-20(21-14(8-24)12-4-2-3-5-18(12)31-21)15(10-26-29)11-6-13-17(9-25)27-28-22(30)19(13)16(23)7-11/h2-7,10H,9,25H2,1H3,(H,28,30). The highest BCUT2D eigenvalue weighted by molar-refractivity contribution is 7.22. The lowest BCUT2D eigenvalue weighted by Crippen LogP contribution is -2.13. The maximum Gasteiger partial charge on any atom is 0.273 e. The molecule has 5 rings (SSSR count). The normalized spacial score (nSPS) is 11.3. The molecule has 0 aliphatic carbocycles. The van der Waals surface area contributed by atoms with Crippen LogP contribution >= 0.6 is 22.9 Å². The molecular formula is C22H15ClN6OS. The second kappa shape index (κ2) is 7.32. The van der Waals surface area contributed by atoms with Gasteiger partial charge in [-0.05, 0) is 23.8 Å². The summed E-state index contributed by atoms with van der Waals surface area (Å²) in [6.45, 7) is 0.155. The molecule has 9 heteroatoms. The molecule has 31 heavy (non-hydrogen) atoms. The van der Waals surface area contributed by atoms with Gasteiger partial charge < -0.3 is 5.73 Å². The minimum atomic E-state index is -0.369. The largest absolute Gasteiger partial charge is 0.325 e. The zero-order chi connectivity index (χ0) is 21.7. The monoisotopic (exact) mass is 446 g/mol. The van der Waals surface area contributed by atoms with Crippen LogP contribution in [0.4, 0.5) is 0 Å². The van der Waals surface area contributed by atoms with E-state index in [1.165, 1.54) is 0 Å². The van der Waals surface area contributed by atoms with Gasteiger partial charge in [-0.3, -0.25) is 9.48 Å². The predicted molar refractivity (Wildman–Crippen MR) is 123 cm³/mol. The number of nitriles is 1. The summed E-state index contributed by atoms with van der Waals surface area (Å²) in [5.41, 5.74) is 8.99. The van der Waals surface area contributed by atoms with E-state index in [1.807, 2.05) is 37.4 Å². The van der Waals surface area contributed by atoms with Gasteiger partial charge in [0.15, 0.2) is 0 Å². The highest BCUT2D eigenvalue weighted by Gasteiger charge is 2.22. The Hall–Kier alpha value is -3.51.